The van der Waals surface area contributed by atoms with Crippen LogP contribution in [0.15, 0.2) is 75.3 Å². The summed E-state index contributed by atoms with van der Waals surface area (Å²) >= 11 is 0. The summed E-state index contributed by atoms with van der Waals surface area (Å²) in [4.78, 5) is 14.7. The number of hydrazone groups is 1. The second-order valence-electron chi connectivity index (χ2n) is 7.27. The first-order valence-corrected chi connectivity index (χ1v) is 10.1. The van der Waals surface area contributed by atoms with Gasteiger partial charge in [0.05, 0.1) is 6.61 Å². The van der Waals surface area contributed by atoms with Crippen molar-refractivity contribution < 1.29 is 9.47 Å². The third kappa shape index (κ3) is 6.08. The molecule has 2 heterocycles. The molecule has 2 N–H and O–H groups in total. The van der Waals surface area contributed by atoms with Gasteiger partial charge in [-0.15, -0.1) is 5.10 Å². The molecule has 0 atom stereocenters. The highest BCUT2D eigenvalue weighted by Gasteiger charge is 2.22. The highest BCUT2D eigenvalue weighted by molar-refractivity contribution is 6.06. The van der Waals surface area contributed by atoms with Gasteiger partial charge in [-0.1, -0.05) is 18.2 Å². The Morgan fingerprint density at radius 2 is 2.00 bits per heavy atom. The van der Waals surface area contributed by atoms with Crippen LogP contribution in [0, 0.1) is 5.41 Å². The van der Waals surface area contributed by atoms with E-state index in [0.717, 1.165) is 24.1 Å². The van der Waals surface area contributed by atoms with E-state index in [1.54, 1.807) is 12.3 Å². The highest BCUT2D eigenvalue weighted by atomic mass is 16.5. The Hall–Kier alpha value is -3.85. The molecule has 1 aliphatic heterocycles. The molecule has 32 heavy (non-hydrogen) atoms. The van der Waals surface area contributed by atoms with E-state index >= 15 is 0 Å². The number of benzene rings is 1. The molecule has 1 aromatic carbocycles. The molecular formula is C23H27N7O2. The Bertz CT molecular complexity index is 1040. The summed E-state index contributed by atoms with van der Waals surface area (Å²) in [6, 6.07) is 13.1. The molecule has 0 saturated heterocycles. The molecule has 3 rings (SSSR count). The van der Waals surface area contributed by atoms with E-state index in [4.69, 9.17) is 14.9 Å². The fourth-order valence-electron chi connectivity index (χ4n) is 2.80. The van der Waals surface area contributed by atoms with E-state index in [2.05, 4.69) is 37.1 Å². The lowest BCUT2D eigenvalue weighted by Gasteiger charge is -2.10. The van der Waals surface area contributed by atoms with Crippen LogP contribution in [-0.4, -0.2) is 61.3 Å². The number of hydrogen-bond acceptors (Lipinski definition) is 8. The van der Waals surface area contributed by atoms with Crippen molar-refractivity contribution in [3.8, 4) is 5.88 Å². The second-order valence-corrected chi connectivity index (χ2v) is 7.27. The van der Waals surface area contributed by atoms with E-state index < -0.39 is 0 Å². The van der Waals surface area contributed by atoms with Gasteiger partial charge in [-0.2, -0.15) is 0 Å². The van der Waals surface area contributed by atoms with Gasteiger partial charge in [0, 0.05) is 35.6 Å². The van der Waals surface area contributed by atoms with E-state index in [0.29, 0.717) is 24.1 Å². The second kappa shape index (κ2) is 11.0. The summed E-state index contributed by atoms with van der Waals surface area (Å²) in [7, 11) is 4.06. The zero-order valence-electron chi connectivity index (χ0n) is 18.5. The van der Waals surface area contributed by atoms with Crippen molar-refractivity contribution in [2.75, 3.05) is 27.2 Å². The van der Waals surface area contributed by atoms with Gasteiger partial charge in [0.1, 0.15) is 0 Å². The van der Waals surface area contributed by atoms with Gasteiger partial charge in [-0.3, -0.25) is 5.41 Å². The molecule has 0 radical (unpaired) electrons. The molecule has 0 fully saturated rings. The van der Waals surface area contributed by atoms with Gasteiger partial charge in [0.2, 0.25) is 17.7 Å². The van der Waals surface area contributed by atoms with E-state index in [-0.39, 0.29) is 17.4 Å². The maximum atomic E-state index is 8.14. The smallest absolute Gasteiger partial charge is 0.245 e. The third-order valence-electron chi connectivity index (χ3n) is 4.51. The number of amidine groups is 1. The number of aromatic nitrogens is 1. The van der Waals surface area contributed by atoms with Gasteiger partial charge in [-0.25, -0.2) is 20.4 Å². The summed E-state index contributed by atoms with van der Waals surface area (Å²) in [5.41, 5.74) is 5.20. The van der Waals surface area contributed by atoms with Crippen molar-refractivity contribution in [2.24, 2.45) is 15.1 Å². The summed E-state index contributed by atoms with van der Waals surface area (Å²) in [5, 5.41) is 12.3. The lowest BCUT2D eigenvalue weighted by molar-refractivity contribution is 0.273. The van der Waals surface area contributed by atoms with Crippen LogP contribution in [-0.2, 0) is 4.74 Å². The number of nitrogens with one attached hydrogen (secondary N) is 2. The molecule has 0 saturated carbocycles. The number of aliphatic imine (C=N–C) groups is 2. The van der Waals surface area contributed by atoms with E-state index in [1.165, 1.54) is 0 Å². The van der Waals surface area contributed by atoms with Crippen LogP contribution in [0.3, 0.4) is 0 Å². The molecule has 0 bridgehead atoms. The van der Waals surface area contributed by atoms with Crippen LogP contribution in [0.4, 0.5) is 0 Å². The molecule has 9 nitrogen and oxygen atoms in total. The zero-order chi connectivity index (χ0) is 22.9. The topological polar surface area (TPSA) is 108 Å². The monoisotopic (exact) mass is 433 g/mol. The predicted molar refractivity (Wildman–Crippen MR) is 127 cm³/mol. The van der Waals surface area contributed by atoms with Crippen molar-refractivity contribution in [3.63, 3.8) is 0 Å². The summed E-state index contributed by atoms with van der Waals surface area (Å²) in [6.07, 6.45) is 2.60. The maximum Gasteiger partial charge on any atom is 0.245 e. The normalized spacial score (nSPS) is 15.0. The number of rotatable bonds is 9. The average Bonchev–Trinajstić information content (AvgIpc) is 3.30. The van der Waals surface area contributed by atoms with Crippen molar-refractivity contribution in [3.05, 3.63) is 71.4 Å². The average molecular weight is 434 g/mol. The molecule has 2 aromatic rings. The molecule has 9 heteroatoms. The molecular weight excluding hydrogens is 406 g/mol. The van der Waals surface area contributed by atoms with Crippen molar-refractivity contribution in [1.29, 1.82) is 5.41 Å². The minimum atomic E-state index is -0.134. The van der Waals surface area contributed by atoms with Crippen LogP contribution >= 0.6 is 0 Å². The predicted octanol–water partition coefficient (Wildman–Crippen LogP) is 3.05. The van der Waals surface area contributed by atoms with Gasteiger partial charge < -0.3 is 14.4 Å². The first kappa shape index (κ1) is 22.8. The zero-order valence-corrected chi connectivity index (χ0v) is 18.5. The molecule has 1 aliphatic rings. The van der Waals surface area contributed by atoms with Crippen LogP contribution in [0.25, 0.3) is 0 Å². The number of pyridine rings is 1. The summed E-state index contributed by atoms with van der Waals surface area (Å²) in [6.45, 7) is 6.81. The van der Waals surface area contributed by atoms with E-state index in [1.807, 2.05) is 57.4 Å². The molecule has 166 valence electrons. The van der Waals surface area contributed by atoms with Gasteiger partial charge >= 0.3 is 0 Å². The standard InChI is InChI=1S/C23H27N7O2/c1-16(18-11-12-19(26-15-18)31-14-8-13-30(3)4)27-20(21(24)25-2)23-29-28-22(32-23)17-9-6-5-7-10-17/h5-7,9-12,15,24,29H,2,8,13-14H2,1,3-4H3. The lowest BCUT2D eigenvalue weighted by atomic mass is 10.2. The Morgan fingerprint density at radius 3 is 2.66 bits per heavy atom. The first-order chi connectivity index (χ1) is 15.5. The van der Waals surface area contributed by atoms with Crippen molar-refractivity contribution in [1.82, 2.24) is 15.3 Å². The minimum Gasteiger partial charge on any atom is -0.478 e. The summed E-state index contributed by atoms with van der Waals surface area (Å²) < 4.78 is 11.5. The van der Waals surface area contributed by atoms with Crippen LogP contribution < -0.4 is 10.2 Å². The molecule has 0 aliphatic carbocycles. The molecule has 0 amide bonds. The van der Waals surface area contributed by atoms with Gasteiger partial charge in [0.25, 0.3) is 0 Å². The minimum absolute atomic E-state index is 0.134. The lowest BCUT2D eigenvalue weighted by Crippen LogP contribution is -2.15. The molecule has 0 unspecified atom stereocenters. The fourth-order valence-corrected chi connectivity index (χ4v) is 2.80. The van der Waals surface area contributed by atoms with Crippen molar-refractivity contribution >= 4 is 24.2 Å². The number of ether oxygens (including phenoxy) is 2. The highest BCUT2D eigenvalue weighted by Crippen LogP contribution is 2.18. The quantitative estimate of drug-likeness (QED) is 0.359. The van der Waals surface area contributed by atoms with Gasteiger partial charge in [-0.05, 0) is 52.4 Å². The first-order valence-electron chi connectivity index (χ1n) is 10.1. The summed E-state index contributed by atoms with van der Waals surface area (Å²) in [5.74, 6) is 1.03. The Morgan fingerprint density at radius 1 is 1.22 bits per heavy atom. The molecule has 0 spiro atoms. The van der Waals surface area contributed by atoms with Crippen LogP contribution in [0.2, 0.25) is 0 Å². The third-order valence-corrected chi connectivity index (χ3v) is 4.51. The number of hydrogen-bond donors (Lipinski definition) is 2. The van der Waals surface area contributed by atoms with Crippen LogP contribution in [0.1, 0.15) is 24.5 Å². The SMILES string of the molecule is C=NC(=N)C(N=C(C)c1ccc(OCCCN(C)C)nc1)=C1NN=C(c2ccccc2)O1. The van der Waals surface area contributed by atoms with E-state index in [9.17, 15) is 0 Å². The Labute approximate surface area is 187 Å². The molecule has 1 aromatic heterocycles. The Kier molecular flexibility index (Phi) is 7.82. The Balaban J connectivity index is 1.74. The van der Waals surface area contributed by atoms with Crippen LogP contribution in [0.5, 0.6) is 5.88 Å². The van der Waals surface area contributed by atoms with Gasteiger partial charge in [0.15, 0.2) is 11.5 Å². The largest absolute Gasteiger partial charge is 0.478 e. The maximum absolute atomic E-state index is 8.14. The number of nitrogens with zero attached hydrogens (tertiary/aromatic N) is 5. The fraction of sp³-hybridized carbons (Fsp3) is 0.261. The van der Waals surface area contributed by atoms with Crippen molar-refractivity contribution in [2.45, 2.75) is 13.3 Å².